The van der Waals surface area contributed by atoms with Crippen molar-refractivity contribution < 1.29 is 18.8 Å². The number of hydrogen-bond acceptors (Lipinski definition) is 5. The van der Waals surface area contributed by atoms with Crippen LogP contribution in [0.25, 0.3) is 11.3 Å². The van der Waals surface area contributed by atoms with Gasteiger partial charge in [-0.05, 0) is 63.4 Å². The first kappa shape index (κ1) is 32.8. The van der Waals surface area contributed by atoms with Crippen LogP contribution in [0.15, 0.2) is 59.3 Å². The topological polar surface area (TPSA) is 84.7 Å². The first-order valence-corrected chi connectivity index (χ1v) is 13.8. The molecule has 39 heavy (non-hydrogen) atoms. The van der Waals surface area contributed by atoms with Crippen LogP contribution in [-0.4, -0.2) is 40.2 Å². The first-order valence-electron chi connectivity index (χ1n) is 12.2. The summed E-state index contributed by atoms with van der Waals surface area (Å²) in [5.41, 5.74) is 1.62. The number of rotatable bonds is 7. The third kappa shape index (κ3) is 10.6. The van der Waals surface area contributed by atoms with Gasteiger partial charge in [0.15, 0.2) is 10.6 Å². The predicted molar refractivity (Wildman–Crippen MR) is 159 cm³/mol. The summed E-state index contributed by atoms with van der Waals surface area (Å²) in [5, 5.41) is 8.00. The van der Waals surface area contributed by atoms with E-state index >= 15 is 0 Å². The van der Waals surface area contributed by atoms with Crippen LogP contribution in [0.2, 0.25) is 10.0 Å². The second-order valence-electron chi connectivity index (χ2n) is 10.0. The van der Waals surface area contributed by atoms with Crippen LogP contribution in [0.1, 0.15) is 40.2 Å². The monoisotopic (exact) mass is 615 g/mol. The Bertz CT molecular complexity index is 1210. The van der Waals surface area contributed by atoms with E-state index < -0.39 is 28.5 Å². The number of nitrogens with zero attached hydrogens (tertiary/aromatic N) is 2. The maximum absolute atomic E-state index is 12.8. The lowest BCUT2D eigenvalue weighted by molar-refractivity contribution is -0.117. The van der Waals surface area contributed by atoms with Crippen molar-refractivity contribution in [1.29, 1.82) is 0 Å². The van der Waals surface area contributed by atoms with Crippen LogP contribution in [0.5, 0.6) is 0 Å². The lowest BCUT2D eigenvalue weighted by Crippen LogP contribution is -2.50. The summed E-state index contributed by atoms with van der Waals surface area (Å²) in [6, 6.07) is 14.0. The van der Waals surface area contributed by atoms with Crippen LogP contribution in [0, 0.1) is 12.8 Å². The minimum Gasteiger partial charge on any atom is -0.444 e. The molecule has 3 rings (SSSR count). The molecule has 7 nitrogen and oxygen atoms in total. The van der Waals surface area contributed by atoms with Crippen molar-refractivity contribution in [3.8, 4) is 11.3 Å². The Kier molecular flexibility index (Phi) is 12.4. The average Bonchev–Trinajstić information content (AvgIpc) is 3.39. The van der Waals surface area contributed by atoms with Crippen molar-refractivity contribution in [3.05, 3.63) is 70.3 Å². The molecule has 0 spiro atoms. The molecule has 212 valence electrons. The molecular formula is C28H33Cl4N3O4. The molecule has 3 aromatic rings. The quantitative estimate of drug-likeness (QED) is 0.270. The number of aromatic nitrogens is 1. The molecular weight excluding hydrogens is 584 g/mol. The molecule has 0 aliphatic rings. The molecule has 2 amide bonds. The largest absolute Gasteiger partial charge is 0.444 e. The van der Waals surface area contributed by atoms with Crippen LogP contribution in [0.3, 0.4) is 0 Å². The van der Waals surface area contributed by atoms with Gasteiger partial charge >= 0.3 is 6.09 Å². The molecule has 0 unspecified atom stereocenters. The molecule has 0 bridgehead atoms. The predicted octanol–water partition coefficient (Wildman–Crippen LogP) is 8.33. The highest BCUT2D eigenvalue weighted by Gasteiger charge is 2.29. The summed E-state index contributed by atoms with van der Waals surface area (Å²) < 4.78 is 10.6. The number of carbonyl (C=O) groups is 2. The highest BCUT2D eigenvalue weighted by Crippen LogP contribution is 2.27. The molecule has 1 heterocycles. The molecule has 1 atom stereocenters. The Morgan fingerprint density at radius 2 is 1.67 bits per heavy atom. The maximum Gasteiger partial charge on any atom is 0.407 e. The Morgan fingerprint density at radius 3 is 2.15 bits per heavy atom. The van der Waals surface area contributed by atoms with Crippen LogP contribution >= 0.6 is 46.4 Å². The number of ether oxygens (including phenoxy) is 1. The van der Waals surface area contributed by atoms with Crippen molar-refractivity contribution in [2.45, 2.75) is 58.0 Å². The fraction of sp³-hybridized carbons (Fsp3) is 0.393. The number of hydrogen-bond donors (Lipinski definition) is 1. The number of alkyl carbamates (subject to hydrolysis) is 1. The first-order chi connectivity index (χ1) is 18.2. The molecule has 0 fully saturated rings. The Labute approximate surface area is 249 Å². The van der Waals surface area contributed by atoms with E-state index in [1.54, 1.807) is 45.0 Å². The zero-order chi connectivity index (χ0) is 29.3. The van der Waals surface area contributed by atoms with Gasteiger partial charge in [0.1, 0.15) is 5.60 Å². The second kappa shape index (κ2) is 14.8. The third-order valence-electron chi connectivity index (χ3n) is 5.42. The molecule has 1 aromatic heterocycles. The normalized spacial score (nSPS) is 12.0. The second-order valence-corrected chi connectivity index (χ2v) is 11.9. The maximum atomic E-state index is 12.8. The number of benzene rings is 2. The van der Waals surface area contributed by atoms with Crippen molar-refractivity contribution >= 4 is 64.1 Å². The van der Waals surface area contributed by atoms with Gasteiger partial charge in [0.05, 0.1) is 12.2 Å². The van der Waals surface area contributed by atoms with E-state index in [-0.39, 0.29) is 12.5 Å². The number of anilines is 1. The lowest BCUT2D eigenvalue weighted by atomic mass is 10.0. The summed E-state index contributed by atoms with van der Waals surface area (Å²) >= 11 is 23.3. The van der Waals surface area contributed by atoms with Crippen LogP contribution in [-0.2, 0) is 9.53 Å². The fourth-order valence-corrected chi connectivity index (χ4v) is 3.93. The van der Waals surface area contributed by atoms with Gasteiger partial charge in [-0.1, -0.05) is 83.6 Å². The summed E-state index contributed by atoms with van der Waals surface area (Å²) in [5.74, 6) is 0.0731. The summed E-state index contributed by atoms with van der Waals surface area (Å²) in [6.07, 6.45) is 0.982. The number of halogens is 4. The molecule has 0 radical (unpaired) electrons. The zero-order valence-corrected chi connectivity index (χ0v) is 25.7. The van der Waals surface area contributed by atoms with Crippen molar-refractivity contribution in [3.63, 3.8) is 0 Å². The van der Waals surface area contributed by atoms with Crippen molar-refractivity contribution in [2.24, 2.45) is 5.92 Å². The third-order valence-corrected chi connectivity index (χ3v) is 6.61. The van der Waals surface area contributed by atoms with Gasteiger partial charge in [0, 0.05) is 33.9 Å². The SMILES string of the molecule is CC(C)[C@@H](CN(C(=O)C(Cl)Cl)c1cccc(-c2ccno2)c1)NC(=O)OC(C)(C)C.Cc1c(Cl)cccc1Cl. The van der Waals surface area contributed by atoms with E-state index in [4.69, 9.17) is 55.7 Å². The van der Waals surface area contributed by atoms with Crippen LogP contribution in [0.4, 0.5) is 10.5 Å². The molecule has 11 heteroatoms. The highest BCUT2D eigenvalue weighted by molar-refractivity contribution is 6.54. The Hall–Kier alpha value is -2.45. The van der Waals surface area contributed by atoms with E-state index in [0.717, 1.165) is 21.2 Å². The minimum atomic E-state index is -1.26. The molecule has 2 aromatic carbocycles. The van der Waals surface area contributed by atoms with E-state index in [1.165, 1.54) is 11.1 Å². The lowest BCUT2D eigenvalue weighted by Gasteiger charge is -2.31. The standard InChI is InChI=1S/C21H27Cl2N3O4.C7H6Cl2/c1-13(2)16(25-20(28)29-21(3,4)5)12-26(19(27)18(22)23)15-8-6-7-14(11-15)17-9-10-24-30-17;1-5-6(8)3-2-4-7(5)9/h6-11,13,16,18H,12H2,1-5H3,(H,25,28);2-4H,1H3/t16-;/m1./s1. The molecule has 0 aliphatic carbocycles. The summed E-state index contributed by atoms with van der Waals surface area (Å²) in [6.45, 7) is 11.3. The Morgan fingerprint density at radius 1 is 1.05 bits per heavy atom. The molecule has 0 aliphatic heterocycles. The van der Waals surface area contributed by atoms with Gasteiger partial charge in [-0.3, -0.25) is 4.79 Å². The zero-order valence-electron chi connectivity index (χ0n) is 22.7. The van der Waals surface area contributed by atoms with E-state index in [0.29, 0.717) is 11.4 Å². The molecule has 1 N–H and O–H groups in total. The summed E-state index contributed by atoms with van der Waals surface area (Å²) in [4.78, 5) is 25.3. The van der Waals surface area contributed by atoms with Gasteiger partial charge in [-0.25, -0.2) is 4.79 Å². The average molecular weight is 617 g/mol. The van der Waals surface area contributed by atoms with Crippen molar-refractivity contribution in [2.75, 3.05) is 11.4 Å². The van der Waals surface area contributed by atoms with Gasteiger partial charge < -0.3 is 19.5 Å². The van der Waals surface area contributed by atoms with Crippen LogP contribution < -0.4 is 10.2 Å². The van der Waals surface area contributed by atoms with E-state index in [1.807, 2.05) is 45.0 Å². The van der Waals surface area contributed by atoms with Gasteiger partial charge in [0.2, 0.25) is 0 Å². The minimum absolute atomic E-state index is 0.00868. The fourth-order valence-electron chi connectivity index (χ4n) is 3.29. The van der Waals surface area contributed by atoms with E-state index in [2.05, 4.69) is 10.5 Å². The molecule has 0 saturated heterocycles. The van der Waals surface area contributed by atoms with E-state index in [9.17, 15) is 9.59 Å². The van der Waals surface area contributed by atoms with Gasteiger partial charge in [-0.15, -0.1) is 0 Å². The van der Waals surface area contributed by atoms with Gasteiger partial charge in [-0.2, -0.15) is 0 Å². The van der Waals surface area contributed by atoms with Gasteiger partial charge in [0.25, 0.3) is 5.91 Å². The number of nitrogens with one attached hydrogen (secondary N) is 1. The highest BCUT2D eigenvalue weighted by atomic mass is 35.5. The smallest absolute Gasteiger partial charge is 0.407 e. The van der Waals surface area contributed by atoms with Crippen molar-refractivity contribution in [1.82, 2.24) is 10.5 Å². The number of amides is 2. The number of carbonyl (C=O) groups excluding carboxylic acids is 2. The number of alkyl halides is 2. The Balaban J connectivity index is 0.000000499. The summed E-state index contributed by atoms with van der Waals surface area (Å²) in [7, 11) is 0. The molecule has 0 saturated carbocycles.